The minimum Gasteiger partial charge on any atom is -0.467 e. The van der Waals surface area contributed by atoms with Gasteiger partial charge in [-0.15, -0.1) is 0 Å². The molecule has 0 bridgehead atoms. The molecular weight excluding hydrogens is 484 g/mol. The molecule has 2 amide bonds. The van der Waals surface area contributed by atoms with Crippen molar-refractivity contribution >= 4 is 40.1 Å². The van der Waals surface area contributed by atoms with Crippen LogP contribution in [-0.2, 0) is 0 Å². The van der Waals surface area contributed by atoms with Crippen LogP contribution in [0.4, 0.5) is 5.69 Å². The highest BCUT2D eigenvalue weighted by Gasteiger charge is 2.19. The SMILES string of the molecule is COc1nc(C)c2cc(C(=O)Nc3cc(C(=O)NC(CN)c4ccccc4)ccc3Cl)c(=O)[nH]c2n1. The zero-order valence-electron chi connectivity index (χ0n) is 19.5. The molecule has 5 N–H and O–H groups in total. The topological polar surface area (TPSA) is 152 Å². The van der Waals surface area contributed by atoms with Gasteiger partial charge in [0.05, 0.1) is 29.6 Å². The van der Waals surface area contributed by atoms with Gasteiger partial charge in [0.2, 0.25) is 0 Å². The Morgan fingerprint density at radius 3 is 2.56 bits per heavy atom. The normalized spacial score (nSPS) is 11.7. The molecule has 36 heavy (non-hydrogen) atoms. The van der Waals surface area contributed by atoms with E-state index in [2.05, 4.69) is 25.6 Å². The zero-order chi connectivity index (χ0) is 25.8. The Morgan fingerprint density at radius 1 is 1.11 bits per heavy atom. The fourth-order valence-electron chi connectivity index (χ4n) is 3.63. The number of pyridine rings is 1. The fourth-order valence-corrected chi connectivity index (χ4v) is 3.79. The van der Waals surface area contributed by atoms with Crippen LogP contribution < -0.4 is 26.7 Å². The first-order chi connectivity index (χ1) is 17.3. The van der Waals surface area contributed by atoms with Gasteiger partial charge < -0.3 is 26.1 Å². The summed E-state index contributed by atoms with van der Waals surface area (Å²) >= 11 is 6.27. The largest absolute Gasteiger partial charge is 0.467 e. The Hall–Kier alpha value is -4.28. The Labute approximate surface area is 210 Å². The third kappa shape index (κ3) is 5.19. The lowest BCUT2D eigenvalue weighted by Crippen LogP contribution is -2.33. The predicted octanol–water partition coefficient (Wildman–Crippen LogP) is 2.97. The molecule has 2 aromatic heterocycles. The Bertz CT molecular complexity index is 1510. The minimum atomic E-state index is -0.711. The molecule has 0 aliphatic rings. The number of fused-ring (bicyclic) bond motifs is 1. The van der Waals surface area contributed by atoms with Crippen LogP contribution in [0.15, 0.2) is 59.4 Å². The highest BCUT2D eigenvalue weighted by molar-refractivity contribution is 6.34. The number of hydrogen-bond acceptors (Lipinski definition) is 7. The molecule has 11 heteroatoms. The number of aryl methyl sites for hydroxylation is 1. The van der Waals surface area contributed by atoms with Crippen molar-refractivity contribution in [3.63, 3.8) is 0 Å². The number of nitrogens with zero attached hydrogens (tertiary/aromatic N) is 2. The molecule has 184 valence electrons. The number of carbonyl (C=O) groups is 2. The van der Waals surface area contributed by atoms with E-state index in [9.17, 15) is 14.4 Å². The Balaban J connectivity index is 1.58. The van der Waals surface area contributed by atoms with Crippen LogP contribution in [0.25, 0.3) is 11.0 Å². The Morgan fingerprint density at radius 2 is 1.86 bits per heavy atom. The van der Waals surface area contributed by atoms with Crippen molar-refractivity contribution in [1.29, 1.82) is 0 Å². The fraction of sp³-hybridized carbons (Fsp3) is 0.160. The van der Waals surface area contributed by atoms with Gasteiger partial charge in [0.15, 0.2) is 0 Å². The number of H-pyrrole nitrogens is 1. The van der Waals surface area contributed by atoms with Gasteiger partial charge >= 0.3 is 6.01 Å². The number of nitrogens with two attached hydrogens (primary N) is 1. The number of halogens is 1. The van der Waals surface area contributed by atoms with Crippen LogP contribution in [-0.4, -0.2) is 40.4 Å². The predicted molar refractivity (Wildman–Crippen MR) is 137 cm³/mol. The molecule has 2 heterocycles. The van der Waals surface area contributed by atoms with E-state index >= 15 is 0 Å². The Kier molecular flexibility index (Phi) is 7.28. The van der Waals surface area contributed by atoms with Crippen molar-refractivity contribution in [1.82, 2.24) is 20.3 Å². The molecule has 1 unspecified atom stereocenters. The molecule has 0 aliphatic carbocycles. The molecule has 10 nitrogen and oxygen atoms in total. The minimum absolute atomic E-state index is 0.0962. The van der Waals surface area contributed by atoms with Gasteiger partial charge in [-0.3, -0.25) is 14.4 Å². The number of rotatable bonds is 7. The van der Waals surface area contributed by atoms with Crippen LogP contribution in [0.2, 0.25) is 5.02 Å². The standard InChI is InChI=1S/C25H23ClN6O4/c1-13-16-11-17(24(35)31-21(16)32-25(28-13)36-2)23(34)29-19-10-15(8-9-18(19)26)22(33)30-20(12-27)14-6-4-3-5-7-14/h3-11,20H,12,27H2,1-2H3,(H,29,34)(H,30,33)(H,28,31,32,35). The van der Waals surface area contributed by atoms with Crippen molar-refractivity contribution in [2.24, 2.45) is 5.73 Å². The van der Waals surface area contributed by atoms with Crippen LogP contribution in [0.1, 0.15) is 38.0 Å². The maximum Gasteiger partial charge on any atom is 0.318 e. The maximum atomic E-state index is 13.0. The second kappa shape index (κ2) is 10.5. The summed E-state index contributed by atoms with van der Waals surface area (Å²) < 4.78 is 5.02. The number of anilines is 1. The van der Waals surface area contributed by atoms with Gasteiger partial charge in [-0.25, -0.2) is 0 Å². The second-order valence-electron chi connectivity index (χ2n) is 7.89. The van der Waals surface area contributed by atoms with Crippen molar-refractivity contribution in [2.75, 3.05) is 19.0 Å². The number of nitrogens with one attached hydrogen (secondary N) is 3. The van der Waals surface area contributed by atoms with Gasteiger partial charge in [0, 0.05) is 17.5 Å². The van der Waals surface area contributed by atoms with Crippen molar-refractivity contribution in [3.05, 3.63) is 92.4 Å². The van der Waals surface area contributed by atoms with Crippen molar-refractivity contribution in [2.45, 2.75) is 13.0 Å². The van der Waals surface area contributed by atoms with Gasteiger partial charge in [-0.2, -0.15) is 9.97 Å². The van der Waals surface area contributed by atoms with E-state index in [1.807, 2.05) is 30.3 Å². The highest BCUT2D eigenvalue weighted by atomic mass is 35.5. The average Bonchev–Trinajstić information content (AvgIpc) is 2.88. The van der Waals surface area contributed by atoms with E-state index in [0.717, 1.165) is 5.56 Å². The molecule has 2 aromatic carbocycles. The van der Waals surface area contributed by atoms with Crippen LogP contribution >= 0.6 is 11.6 Å². The van der Waals surface area contributed by atoms with E-state index in [-0.39, 0.29) is 40.0 Å². The summed E-state index contributed by atoms with van der Waals surface area (Å²) in [5, 5.41) is 6.16. The summed E-state index contributed by atoms with van der Waals surface area (Å²) in [5.41, 5.74) is 7.08. The third-order valence-corrected chi connectivity index (χ3v) is 5.86. The first kappa shape index (κ1) is 24.8. The summed E-state index contributed by atoms with van der Waals surface area (Å²) in [4.78, 5) is 49.3. The number of benzene rings is 2. The van der Waals surface area contributed by atoms with Gasteiger partial charge in [0.25, 0.3) is 17.4 Å². The lowest BCUT2D eigenvalue weighted by molar-refractivity contribution is 0.0936. The van der Waals surface area contributed by atoms with E-state index in [1.165, 1.54) is 31.4 Å². The molecule has 0 radical (unpaired) electrons. The summed E-state index contributed by atoms with van der Waals surface area (Å²) in [6.45, 7) is 1.90. The first-order valence-electron chi connectivity index (χ1n) is 10.9. The summed E-state index contributed by atoms with van der Waals surface area (Å²) in [6, 6.07) is 14.9. The molecule has 0 saturated carbocycles. The van der Waals surface area contributed by atoms with Gasteiger partial charge in [-0.1, -0.05) is 41.9 Å². The summed E-state index contributed by atoms with van der Waals surface area (Å²) in [5.74, 6) is -1.11. The number of aromatic nitrogens is 3. The molecule has 0 spiro atoms. The lowest BCUT2D eigenvalue weighted by atomic mass is 10.1. The van der Waals surface area contributed by atoms with E-state index in [1.54, 1.807) is 6.92 Å². The number of hydrogen-bond donors (Lipinski definition) is 4. The molecule has 4 aromatic rings. The van der Waals surface area contributed by atoms with Crippen molar-refractivity contribution < 1.29 is 14.3 Å². The number of amides is 2. The third-order valence-electron chi connectivity index (χ3n) is 5.53. The van der Waals surface area contributed by atoms with Crippen LogP contribution in [0, 0.1) is 6.92 Å². The number of ether oxygens (including phenoxy) is 1. The monoisotopic (exact) mass is 506 g/mol. The van der Waals surface area contributed by atoms with E-state index in [0.29, 0.717) is 11.1 Å². The molecule has 1 atom stereocenters. The second-order valence-corrected chi connectivity index (χ2v) is 8.30. The quantitative estimate of drug-likeness (QED) is 0.300. The first-order valence-corrected chi connectivity index (χ1v) is 11.3. The molecule has 0 saturated heterocycles. The molecule has 4 rings (SSSR count). The smallest absolute Gasteiger partial charge is 0.318 e. The van der Waals surface area contributed by atoms with Crippen molar-refractivity contribution in [3.8, 4) is 6.01 Å². The zero-order valence-corrected chi connectivity index (χ0v) is 20.2. The lowest BCUT2D eigenvalue weighted by Gasteiger charge is -2.18. The average molecular weight is 507 g/mol. The summed E-state index contributed by atoms with van der Waals surface area (Å²) in [6.07, 6.45) is 0. The molecule has 0 fully saturated rings. The highest BCUT2D eigenvalue weighted by Crippen LogP contribution is 2.25. The van der Waals surface area contributed by atoms with E-state index in [4.69, 9.17) is 22.1 Å². The number of aromatic amines is 1. The summed E-state index contributed by atoms with van der Waals surface area (Å²) in [7, 11) is 1.41. The molecular formula is C25H23ClN6O4. The van der Waals surface area contributed by atoms with E-state index < -0.39 is 23.4 Å². The maximum absolute atomic E-state index is 13.0. The van der Waals surface area contributed by atoms with Crippen LogP contribution in [0.3, 0.4) is 0 Å². The van der Waals surface area contributed by atoms with Crippen LogP contribution in [0.5, 0.6) is 6.01 Å². The number of carbonyl (C=O) groups excluding carboxylic acids is 2. The molecule has 0 aliphatic heterocycles. The van der Waals surface area contributed by atoms with Gasteiger partial charge in [-0.05, 0) is 36.8 Å². The number of methoxy groups -OCH3 is 1. The van der Waals surface area contributed by atoms with Gasteiger partial charge in [0.1, 0.15) is 11.2 Å².